The highest BCUT2D eigenvalue weighted by atomic mass is 35.5. The van der Waals surface area contributed by atoms with Gasteiger partial charge in [0.15, 0.2) is 6.61 Å². The van der Waals surface area contributed by atoms with E-state index in [1.807, 2.05) is 48.5 Å². The number of rotatable bonds is 7. The monoisotopic (exact) mass is 387 g/mol. The van der Waals surface area contributed by atoms with Gasteiger partial charge in [-0.25, -0.2) is 0 Å². The molecule has 0 fully saturated rings. The third-order valence-electron chi connectivity index (χ3n) is 3.68. The van der Waals surface area contributed by atoms with Crippen LogP contribution in [0.15, 0.2) is 48.5 Å². The van der Waals surface area contributed by atoms with Gasteiger partial charge >= 0.3 is 0 Å². The van der Waals surface area contributed by atoms with Gasteiger partial charge in [0.2, 0.25) is 5.13 Å². The molecular formula is C19H18ClN3O2S. The van der Waals surface area contributed by atoms with Crippen molar-refractivity contribution in [2.45, 2.75) is 19.8 Å². The number of aromatic nitrogens is 2. The van der Waals surface area contributed by atoms with Gasteiger partial charge < -0.3 is 4.74 Å². The second-order valence-corrected chi connectivity index (χ2v) is 7.14. The number of ether oxygens (including phenoxy) is 1. The van der Waals surface area contributed by atoms with Crippen molar-refractivity contribution in [1.29, 1.82) is 0 Å². The molecule has 0 saturated heterocycles. The predicted octanol–water partition coefficient (Wildman–Crippen LogP) is 4.36. The van der Waals surface area contributed by atoms with E-state index in [-0.39, 0.29) is 12.5 Å². The van der Waals surface area contributed by atoms with Crippen LogP contribution in [-0.2, 0) is 17.6 Å². The number of aryl methyl sites for hydroxylation is 1. The number of amides is 1. The topological polar surface area (TPSA) is 64.1 Å². The molecule has 134 valence electrons. The summed E-state index contributed by atoms with van der Waals surface area (Å²) in [6, 6.07) is 15.3. The molecule has 7 heteroatoms. The first kappa shape index (κ1) is 18.4. The number of anilines is 1. The number of nitrogens with zero attached hydrogens (tertiary/aromatic N) is 2. The van der Waals surface area contributed by atoms with E-state index in [2.05, 4.69) is 22.4 Å². The Morgan fingerprint density at radius 3 is 2.46 bits per heavy atom. The average molecular weight is 388 g/mol. The summed E-state index contributed by atoms with van der Waals surface area (Å²) < 4.78 is 5.49. The molecule has 5 nitrogen and oxygen atoms in total. The Morgan fingerprint density at radius 1 is 1.08 bits per heavy atom. The van der Waals surface area contributed by atoms with Crippen LogP contribution in [0.2, 0.25) is 5.02 Å². The molecule has 3 aromatic rings. The summed E-state index contributed by atoms with van der Waals surface area (Å²) in [5.41, 5.74) is 2.31. The highest BCUT2D eigenvalue weighted by Crippen LogP contribution is 2.20. The fraction of sp³-hybridized carbons (Fsp3) is 0.211. The van der Waals surface area contributed by atoms with Crippen molar-refractivity contribution in [3.63, 3.8) is 0 Å². The molecule has 0 aliphatic rings. The molecule has 0 atom stereocenters. The number of benzene rings is 2. The van der Waals surface area contributed by atoms with Gasteiger partial charge in [0.25, 0.3) is 5.91 Å². The molecule has 0 aliphatic carbocycles. The zero-order valence-corrected chi connectivity index (χ0v) is 15.8. The number of carbonyl (C=O) groups is 1. The van der Waals surface area contributed by atoms with Crippen molar-refractivity contribution in [3.8, 4) is 5.75 Å². The number of hydrogen-bond donors (Lipinski definition) is 1. The Morgan fingerprint density at radius 2 is 1.77 bits per heavy atom. The lowest BCUT2D eigenvalue weighted by Gasteiger charge is -2.06. The first-order valence-corrected chi connectivity index (χ1v) is 9.40. The molecule has 3 rings (SSSR count). The number of hydrogen-bond acceptors (Lipinski definition) is 5. The van der Waals surface area contributed by atoms with Crippen LogP contribution in [0.25, 0.3) is 0 Å². The fourth-order valence-electron chi connectivity index (χ4n) is 2.28. The highest BCUT2D eigenvalue weighted by Gasteiger charge is 2.09. The van der Waals surface area contributed by atoms with E-state index < -0.39 is 0 Å². The van der Waals surface area contributed by atoms with Crippen molar-refractivity contribution in [1.82, 2.24) is 10.2 Å². The maximum absolute atomic E-state index is 12.0. The zero-order chi connectivity index (χ0) is 18.4. The Labute approximate surface area is 161 Å². The lowest BCUT2D eigenvalue weighted by atomic mass is 10.2. The van der Waals surface area contributed by atoms with E-state index in [1.54, 1.807) is 0 Å². The van der Waals surface area contributed by atoms with E-state index in [9.17, 15) is 4.79 Å². The van der Waals surface area contributed by atoms with Crippen molar-refractivity contribution < 1.29 is 9.53 Å². The van der Waals surface area contributed by atoms with Crippen LogP contribution in [0.3, 0.4) is 0 Å². The molecule has 1 heterocycles. The van der Waals surface area contributed by atoms with Gasteiger partial charge in [-0.15, -0.1) is 10.2 Å². The lowest BCUT2D eigenvalue weighted by Crippen LogP contribution is -2.20. The Hall–Kier alpha value is -2.44. The maximum Gasteiger partial charge on any atom is 0.264 e. The third kappa shape index (κ3) is 5.28. The summed E-state index contributed by atoms with van der Waals surface area (Å²) in [6.07, 6.45) is 1.61. The van der Waals surface area contributed by atoms with Crippen LogP contribution in [0, 0.1) is 0 Å². The summed E-state index contributed by atoms with van der Waals surface area (Å²) in [6.45, 7) is 2.02. The third-order valence-corrected chi connectivity index (χ3v) is 4.77. The molecule has 0 aliphatic heterocycles. The van der Waals surface area contributed by atoms with Gasteiger partial charge in [-0.1, -0.05) is 54.1 Å². The standard InChI is InChI=1S/C19H18ClN3O2S/c1-2-13-5-9-16(10-6-13)25-12-17(24)21-19-23-22-18(26-19)11-14-3-7-15(20)8-4-14/h3-10H,2,11-12H2,1H3,(H,21,23,24). The van der Waals surface area contributed by atoms with Crippen molar-refractivity contribution in [2.24, 2.45) is 0 Å². The minimum atomic E-state index is -0.265. The van der Waals surface area contributed by atoms with E-state index in [0.717, 1.165) is 17.0 Å². The highest BCUT2D eigenvalue weighted by molar-refractivity contribution is 7.15. The van der Waals surface area contributed by atoms with E-state index in [4.69, 9.17) is 16.3 Å². The molecule has 0 radical (unpaired) electrons. The minimum Gasteiger partial charge on any atom is -0.484 e. The minimum absolute atomic E-state index is 0.0719. The lowest BCUT2D eigenvalue weighted by molar-refractivity contribution is -0.118. The van der Waals surface area contributed by atoms with Crippen molar-refractivity contribution >= 4 is 34.0 Å². The van der Waals surface area contributed by atoms with E-state index in [1.165, 1.54) is 16.9 Å². The van der Waals surface area contributed by atoms with Gasteiger partial charge in [0.05, 0.1) is 0 Å². The molecule has 26 heavy (non-hydrogen) atoms. The predicted molar refractivity (Wildman–Crippen MR) is 104 cm³/mol. The molecular weight excluding hydrogens is 370 g/mol. The van der Waals surface area contributed by atoms with Gasteiger partial charge in [-0.2, -0.15) is 0 Å². The van der Waals surface area contributed by atoms with Gasteiger partial charge in [0.1, 0.15) is 10.8 Å². The Bertz CT molecular complexity index is 863. The average Bonchev–Trinajstić information content (AvgIpc) is 3.09. The van der Waals surface area contributed by atoms with Crippen LogP contribution < -0.4 is 10.1 Å². The Kier molecular flexibility index (Phi) is 6.20. The first-order valence-electron chi connectivity index (χ1n) is 8.21. The van der Waals surface area contributed by atoms with Crippen LogP contribution in [0.4, 0.5) is 5.13 Å². The van der Waals surface area contributed by atoms with E-state index in [0.29, 0.717) is 22.3 Å². The molecule has 2 aromatic carbocycles. The molecule has 1 amide bonds. The molecule has 1 N–H and O–H groups in total. The molecule has 0 bridgehead atoms. The summed E-state index contributed by atoms with van der Waals surface area (Å²) in [5.74, 6) is 0.400. The molecule has 0 spiro atoms. The normalized spacial score (nSPS) is 10.5. The largest absolute Gasteiger partial charge is 0.484 e. The van der Waals surface area contributed by atoms with Crippen molar-refractivity contribution in [3.05, 3.63) is 69.7 Å². The maximum atomic E-state index is 12.0. The van der Waals surface area contributed by atoms with Crippen LogP contribution in [0.1, 0.15) is 23.1 Å². The summed E-state index contributed by atoms with van der Waals surface area (Å²) in [4.78, 5) is 12.0. The Balaban J connectivity index is 1.49. The van der Waals surface area contributed by atoms with Crippen molar-refractivity contribution in [2.75, 3.05) is 11.9 Å². The molecule has 0 saturated carbocycles. The first-order chi connectivity index (χ1) is 12.6. The molecule has 1 aromatic heterocycles. The van der Waals surface area contributed by atoms with Gasteiger partial charge in [-0.3, -0.25) is 10.1 Å². The summed E-state index contributed by atoms with van der Waals surface area (Å²) >= 11 is 7.22. The van der Waals surface area contributed by atoms with Gasteiger partial charge in [0, 0.05) is 11.4 Å². The second-order valence-electron chi connectivity index (χ2n) is 5.64. The van der Waals surface area contributed by atoms with E-state index >= 15 is 0 Å². The SMILES string of the molecule is CCc1ccc(OCC(=O)Nc2nnc(Cc3ccc(Cl)cc3)s2)cc1. The smallest absolute Gasteiger partial charge is 0.264 e. The summed E-state index contributed by atoms with van der Waals surface area (Å²) in [7, 11) is 0. The summed E-state index contributed by atoms with van der Waals surface area (Å²) in [5, 5.41) is 12.8. The number of halogens is 1. The number of nitrogens with one attached hydrogen (secondary N) is 1. The number of carbonyl (C=O) groups excluding carboxylic acids is 1. The van der Waals surface area contributed by atoms with Gasteiger partial charge in [-0.05, 0) is 41.8 Å². The second kappa shape index (κ2) is 8.78. The van der Waals surface area contributed by atoms with Crippen LogP contribution in [0.5, 0.6) is 5.75 Å². The van der Waals surface area contributed by atoms with Crippen LogP contribution >= 0.6 is 22.9 Å². The quantitative estimate of drug-likeness (QED) is 0.654. The molecule has 0 unspecified atom stereocenters. The van der Waals surface area contributed by atoms with Crippen LogP contribution in [-0.4, -0.2) is 22.7 Å². The fourth-order valence-corrected chi connectivity index (χ4v) is 3.19. The zero-order valence-electron chi connectivity index (χ0n) is 14.2.